The van der Waals surface area contributed by atoms with Crippen molar-refractivity contribution in [1.82, 2.24) is 15.2 Å². The first-order chi connectivity index (χ1) is 9.08. The minimum atomic E-state index is -0.973. The number of likely N-dealkylation sites (tertiary alicyclic amines) is 1. The zero-order valence-corrected chi connectivity index (χ0v) is 11.0. The van der Waals surface area contributed by atoms with E-state index in [9.17, 15) is 14.4 Å². The van der Waals surface area contributed by atoms with Gasteiger partial charge in [0.2, 0.25) is 0 Å². The summed E-state index contributed by atoms with van der Waals surface area (Å²) in [6.45, 7) is 0.642. The van der Waals surface area contributed by atoms with Gasteiger partial charge in [-0.1, -0.05) is 11.3 Å². The Bertz CT molecular complexity index is 524. The second kappa shape index (κ2) is 5.87. The summed E-state index contributed by atoms with van der Waals surface area (Å²) in [4.78, 5) is 37.7. The predicted molar refractivity (Wildman–Crippen MR) is 69.2 cm³/mol. The lowest BCUT2D eigenvalue weighted by atomic mass is 10.0. The Morgan fingerprint density at radius 3 is 2.95 bits per heavy atom. The Labute approximate surface area is 113 Å². The molecule has 1 aliphatic heterocycles. The van der Waals surface area contributed by atoms with E-state index in [0.717, 1.165) is 24.2 Å². The van der Waals surface area contributed by atoms with Gasteiger partial charge in [0.25, 0.3) is 0 Å². The van der Waals surface area contributed by atoms with Crippen LogP contribution >= 0.6 is 11.3 Å². The van der Waals surface area contributed by atoms with E-state index in [0.29, 0.717) is 18.7 Å². The monoisotopic (exact) mass is 285 g/mol. The number of piperidine rings is 1. The molecule has 8 heteroatoms. The number of nitrogens with zero attached hydrogens (tertiary/aromatic N) is 1. The minimum absolute atomic E-state index is 0.175. The zero-order valence-electron chi connectivity index (χ0n) is 10.2. The number of carboxylic acid groups (broad SMARTS) is 1. The number of aromatic amines is 1. The normalized spacial score (nSPS) is 19.2. The van der Waals surface area contributed by atoms with Crippen molar-refractivity contribution in [1.29, 1.82) is 0 Å². The second-order valence-corrected chi connectivity index (χ2v) is 5.22. The van der Waals surface area contributed by atoms with Gasteiger partial charge in [0.15, 0.2) is 0 Å². The number of amides is 2. The van der Waals surface area contributed by atoms with E-state index >= 15 is 0 Å². The molecule has 0 bridgehead atoms. The van der Waals surface area contributed by atoms with Gasteiger partial charge in [-0.2, -0.15) is 0 Å². The minimum Gasteiger partial charge on any atom is -0.480 e. The van der Waals surface area contributed by atoms with Crippen LogP contribution in [-0.2, 0) is 11.3 Å². The van der Waals surface area contributed by atoms with Crippen LogP contribution in [0.4, 0.5) is 4.79 Å². The molecule has 0 spiro atoms. The van der Waals surface area contributed by atoms with Gasteiger partial charge in [0.1, 0.15) is 6.04 Å². The van der Waals surface area contributed by atoms with Crippen LogP contribution in [0.2, 0.25) is 0 Å². The number of urea groups is 1. The summed E-state index contributed by atoms with van der Waals surface area (Å²) >= 11 is 1.03. The highest BCUT2D eigenvalue weighted by Crippen LogP contribution is 2.17. The van der Waals surface area contributed by atoms with E-state index in [1.165, 1.54) is 4.90 Å². The molecule has 1 aromatic rings. The molecule has 0 saturated carbocycles. The van der Waals surface area contributed by atoms with Crippen LogP contribution in [0.1, 0.15) is 25.0 Å². The third-order valence-electron chi connectivity index (χ3n) is 3.05. The van der Waals surface area contributed by atoms with Gasteiger partial charge in [0.05, 0.1) is 6.54 Å². The van der Waals surface area contributed by atoms with Crippen molar-refractivity contribution in [3.63, 3.8) is 0 Å². The number of hydrogen-bond acceptors (Lipinski definition) is 4. The second-order valence-electron chi connectivity index (χ2n) is 4.38. The summed E-state index contributed by atoms with van der Waals surface area (Å²) in [7, 11) is 0. The van der Waals surface area contributed by atoms with Crippen molar-refractivity contribution in [2.45, 2.75) is 31.8 Å². The fourth-order valence-electron chi connectivity index (χ4n) is 2.10. The molecular formula is C11H15N3O4S. The van der Waals surface area contributed by atoms with E-state index in [1.807, 2.05) is 0 Å². The Morgan fingerprint density at radius 1 is 1.53 bits per heavy atom. The summed E-state index contributed by atoms with van der Waals surface area (Å²) in [6.07, 6.45) is 2.11. The lowest BCUT2D eigenvalue weighted by Gasteiger charge is -2.32. The summed E-state index contributed by atoms with van der Waals surface area (Å²) in [5, 5.41) is 13.3. The van der Waals surface area contributed by atoms with Crippen molar-refractivity contribution < 1.29 is 14.7 Å². The number of carbonyl (C=O) groups is 2. The number of nitrogens with one attached hydrogen (secondary N) is 2. The van der Waals surface area contributed by atoms with Gasteiger partial charge in [-0.15, -0.1) is 0 Å². The first-order valence-electron chi connectivity index (χ1n) is 6.02. The van der Waals surface area contributed by atoms with Crippen LogP contribution in [0.3, 0.4) is 0 Å². The van der Waals surface area contributed by atoms with Gasteiger partial charge < -0.3 is 20.3 Å². The number of H-pyrrole nitrogens is 1. The average Bonchev–Trinajstić information content (AvgIpc) is 2.81. The number of thiazole rings is 1. The van der Waals surface area contributed by atoms with Gasteiger partial charge in [0, 0.05) is 17.6 Å². The van der Waals surface area contributed by atoms with Gasteiger partial charge >= 0.3 is 16.9 Å². The summed E-state index contributed by atoms with van der Waals surface area (Å²) < 4.78 is 0. The third-order valence-corrected chi connectivity index (χ3v) is 3.77. The molecule has 1 aliphatic rings. The van der Waals surface area contributed by atoms with E-state index in [2.05, 4.69) is 10.3 Å². The third kappa shape index (κ3) is 3.34. The maximum atomic E-state index is 12.0. The predicted octanol–water partition coefficient (Wildman–Crippen LogP) is 0.585. The van der Waals surface area contributed by atoms with Crippen LogP contribution < -0.4 is 10.2 Å². The molecule has 3 N–H and O–H groups in total. The maximum absolute atomic E-state index is 12.0. The molecule has 0 radical (unpaired) electrons. The summed E-state index contributed by atoms with van der Waals surface area (Å²) in [6, 6.07) is -1.16. The van der Waals surface area contributed by atoms with Crippen molar-refractivity contribution in [2.75, 3.05) is 6.54 Å². The van der Waals surface area contributed by atoms with Crippen LogP contribution in [0.5, 0.6) is 0 Å². The quantitative estimate of drug-likeness (QED) is 0.756. The molecule has 1 unspecified atom stereocenters. The molecule has 2 rings (SSSR count). The van der Waals surface area contributed by atoms with Crippen molar-refractivity contribution >= 4 is 23.3 Å². The fraction of sp³-hybridized carbons (Fsp3) is 0.545. The van der Waals surface area contributed by atoms with Crippen LogP contribution in [0.25, 0.3) is 0 Å². The first kappa shape index (κ1) is 13.6. The number of hydrogen-bond donors (Lipinski definition) is 3. The van der Waals surface area contributed by atoms with Gasteiger partial charge in [-0.25, -0.2) is 9.59 Å². The summed E-state index contributed by atoms with van der Waals surface area (Å²) in [5.41, 5.74) is 0.618. The Balaban J connectivity index is 1.94. The maximum Gasteiger partial charge on any atom is 0.326 e. The molecule has 0 aromatic carbocycles. The Kier molecular flexibility index (Phi) is 4.20. The van der Waals surface area contributed by atoms with E-state index in [1.54, 1.807) is 5.38 Å². The Hall–Kier alpha value is -1.83. The lowest BCUT2D eigenvalue weighted by molar-refractivity contribution is -0.143. The number of aliphatic carboxylic acids is 1. The first-order valence-corrected chi connectivity index (χ1v) is 6.90. The highest BCUT2D eigenvalue weighted by Gasteiger charge is 2.31. The number of carbonyl (C=O) groups excluding carboxylic acids is 1. The molecule has 1 fully saturated rings. The molecule has 1 saturated heterocycles. The van der Waals surface area contributed by atoms with Crippen LogP contribution in [0, 0.1) is 0 Å². The van der Waals surface area contributed by atoms with Crippen molar-refractivity contribution in [3.8, 4) is 0 Å². The number of aromatic nitrogens is 1. The molecule has 104 valence electrons. The molecular weight excluding hydrogens is 270 g/mol. The Morgan fingerprint density at radius 2 is 2.32 bits per heavy atom. The highest BCUT2D eigenvalue weighted by atomic mass is 32.1. The van der Waals surface area contributed by atoms with E-state index in [4.69, 9.17) is 5.11 Å². The van der Waals surface area contributed by atoms with E-state index < -0.39 is 18.0 Å². The topological polar surface area (TPSA) is 102 Å². The lowest BCUT2D eigenvalue weighted by Crippen LogP contribution is -2.51. The standard InChI is InChI=1S/C11H15N3O4S/c15-9(16)8-3-1-2-4-14(8)10(17)12-5-7-6-19-11(18)13-7/h6,8H,1-5H2,(H,12,17)(H,13,18)(H,15,16). The molecule has 1 aromatic heterocycles. The van der Waals surface area contributed by atoms with Crippen LogP contribution in [-0.4, -0.2) is 39.6 Å². The van der Waals surface area contributed by atoms with Gasteiger partial charge in [-0.05, 0) is 19.3 Å². The van der Waals surface area contributed by atoms with Gasteiger partial charge in [-0.3, -0.25) is 4.79 Å². The largest absolute Gasteiger partial charge is 0.480 e. The molecule has 2 amide bonds. The molecule has 2 heterocycles. The molecule has 7 nitrogen and oxygen atoms in total. The SMILES string of the molecule is O=C(O)C1CCCCN1C(=O)NCc1csc(=O)[nH]1. The van der Waals surface area contributed by atoms with Crippen LogP contribution in [0.15, 0.2) is 10.2 Å². The number of carboxylic acids is 1. The van der Waals surface area contributed by atoms with E-state index in [-0.39, 0.29) is 11.4 Å². The highest BCUT2D eigenvalue weighted by molar-refractivity contribution is 7.07. The molecule has 1 atom stereocenters. The summed E-state index contributed by atoms with van der Waals surface area (Å²) in [5.74, 6) is -0.973. The zero-order chi connectivity index (χ0) is 13.8. The average molecular weight is 285 g/mol. The van der Waals surface area contributed by atoms with Crippen molar-refractivity contribution in [2.24, 2.45) is 0 Å². The molecule has 19 heavy (non-hydrogen) atoms. The number of rotatable bonds is 3. The fourth-order valence-corrected chi connectivity index (χ4v) is 2.69. The smallest absolute Gasteiger partial charge is 0.326 e. The van der Waals surface area contributed by atoms with Crippen molar-refractivity contribution in [3.05, 3.63) is 20.7 Å². The molecule has 0 aliphatic carbocycles.